The lowest BCUT2D eigenvalue weighted by Gasteiger charge is -2.06. The molecule has 4 heteroatoms. The molecule has 0 aliphatic rings. The van der Waals surface area contributed by atoms with Crippen LogP contribution in [0.15, 0.2) is 42.5 Å². The summed E-state index contributed by atoms with van der Waals surface area (Å²) in [6.07, 6.45) is 0.108. The number of ketones is 1. The Labute approximate surface area is 123 Å². The standard InChI is InChI=1S/C14H9ClFIO/c15-14-9(4-3-6-11(14)16)8-13(18)10-5-1-2-7-12(10)17/h1-7H,8H2. The lowest BCUT2D eigenvalue weighted by atomic mass is 10.0. The van der Waals surface area contributed by atoms with Gasteiger partial charge in [0.05, 0.1) is 5.02 Å². The predicted octanol–water partition coefficient (Wildman–Crippen LogP) is 4.51. The first kappa shape index (κ1) is 13.5. The van der Waals surface area contributed by atoms with Gasteiger partial charge in [-0.15, -0.1) is 0 Å². The molecule has 0 radical (unpaired) electrons. The Morgan fingerprint density at radius 2 is 1.89 bits per heavy atom. The molecular weight excluding hydrogens is 366 g/mol. The average molecular weight is 375 g/mol. The van der Waals surface area contributed by atoms with Gasteiger partial charge < -0.3 is 0 Å². The first-order chi connectivity index (χ1) is 8.59. The summed E-state index contributed by atoms with van der Waals surface area (Å²) < 4.78 is 14.1. The molecule has 1 nitrogen and oxygen atoms in total. The van der Waals surface area contributed by atoms with Crippen molar-refractivity contribution in [3.63, 3.8) is 0 Å². The first-order valence-corrected chi connectivity index (χ1v) is 6.76. The quantitative estimate of drug-likeness (QED) is 0.571. The fraction of sp³-hybridized carbons (Fsp3) is 0.0714. The molecule has 0 saturated carbocycles. The molecule has 0 amide bonds. The van der Waals surface area contributed by atoms with Gasteiger partial charge in [-0.2, -0.15) is 0 Å². The minimum Gasteiger partial charge on any atom is -0.294 e. The third-order valence-electron chi connectivity index (χ3n) is 2.56. The number of hydrogen-bond donors (Lipinski definition) is 0. The SMILES string of the molecule is O=C(Cc1cccc(F)c1Cl)c1ccccc1I. The fourth-order valence-electron chi connectivity index (χ4n) is 1.64. The second-order valence-electron chi connectivity index (χ2n) is 3.79. The van der Waals surface area contributed by atoms with Gasteiger partial charge >= 0.3 is 0 Å². The van der Waals surface area contributed by atoms with Gasteiger partial charge in [-0.25, -0.2) is 4.39 Å². The molecular formula is C14H9ClFIO. The molecule has 2 aromatic rings. The van der Waals surface area contributed by atoms with E-state index in [9.17, 15) is 9.18 Å². The minimum absolute atomic E-state index is 0.0248. The van der Waals surface area contributed by atoms with Crippen LogP contribution in [0.25, 0.3) is 0 Å². The molecule has 0 aliphatic carbocycles. The highest BCUT2D eigenvalue weighted by Crippen LogP contribution is 2.22. The van der Waals surface area contributed by atoms with E-state index >= 15 is 0 Å². The zero-order valence-corrected chi connectivity index (χ0v) is 12.2. The van der Waals surface area contributed by atoms with Crippen molar-refractivity contribution in [3.05, 3.63) is 68.0 Å². The van der Waals surface area contributed by atoms with Gasteiger partial charge in [0.25, 0.3) is 0 Å². The van der Waals surface area contributed by atoms with Crippen LogP contribution in [0.4, 0.5) is 4.39 Å². The zero-order chi connectivity index (χ0) is 13.1. The Kier molecular flexibility index (Phi) is 4.35. The van der Waals surface area contributed by atoms with Crippen molar-refractivity contribution in [2.45, 2.75) is 6.42 Å². The number of hydrogen-bond acceptors (Lipinski definition) is 1. The second kappa shape index (κ2) is 5.80. The van der Waals surface area contributed by atoms with Gasteiger partial charge in [-0.1, -0.05) is 41.9 Å². The maximum Gasteiger partial charge on any atom is 0.168 e. The van der Waals surface area contributed by atoms with Crippen molar-refractivity contribution < 1.29 is 9.18 Å². The van der Waals surface area contributed by atoms with Crippen LogP contribution in [-0.2, 0) is 6.42 Å². The summed E-state index contributed by atoms with van der Waals surface area (Å²) in [6, 6.07) is 11.8. The van der Waals surface area contributed by atoms with Gasteiger partial charge in [0, 0.05) is 15.6 Å². The van der Waals surface area contributed by atoms with Gasteiger partial charge in [0.15, 0.2) is 5.78 Å². The van der Waals surface area contributed by atoms with Crippen LogP contribution in [0.2, 0.25) is 5.02 Å². The van der Waals surface area contributed by atoms with Crippen molar-refractivity contribution in [1.29, 1.82) is 0 Å². The number of carbonyl (C=O) groups excluding carboxylic acids is 1. The fourth-order valence-corrected chi connectivity index (χ4v) is 2.52. The highest BCUT2D eigenvalue weighted by Gasteiger charge is 2.13. The Balaban J connectivity index is 2.27. The Hall–Kier alpha value is -0.940. The van der Waals surface area contributed by atoms with E-state index in [-0.39, 0.29) is 17.2 Å². The number of benzene rings is 2. The van der Waals surface area contributed by atoms with E-state index in [4.69, 9.17) is 11.6 Å². The number of carbonyl (C=O) groups is 1. The van der Waals surface area contributed by atoms with Gasteiger partial charge in [0.2, 0.25) is 0 Å². The van der Waals surface area contributed by atoms with Crippen LogP contribution < -0.4 is 0 Å². The molecule has 0 saturated heterocycles. The van der Waals surface area contributed by atoms with Crippen molar-refractivity contribution >= 4 is 40.0 Å². The summed E-state index contributed by atoms with van der Waals surface area (Å²) in [6.45, 7) is 0. The Morgan fingerprint density at radius 1 is 1.17 bits per heavy atom. The Morgan fingerprint density at radius 3 is 2.61 bits per heavy atom. The van der Waals surface area contributed by atoms with Crippen LogP contribution in [0.5, 0.6) is 0 Å². The maximum absolute atomic E-state index is 13.3. The molecule has 0 atom stereocenters. The van der Waals surface area contributed by atoms with Gasteiger partial charge in [-0.05, 0) is 40.3 Å². The first-order valence-electron chi connectivity index (χ1n) is 5.30. The molecule has 0 bridgehead atoms. The zero-order valence-electron chi connectivity index (χ0n) is 9.29. The number of rotatable bonds is 3. The number of halogens is 3. The van der Waals surface area contributed by atoms with Crippen molar-refractivity contribution in [2.24, 2.45) is 0 Å². The summed E-state index contributed by atoms with van der Waals surface area (Å²) in [5, 5.41) is 0.0248. The monoisotopic (exact) mass is 374 g/mol. The van der Waals surface area contributed by atoms with Crippen molar-refractivity contribution in [3.8, 4) is 0 Å². The van der Waals surface area contributed by atoms with E-state index in [0.717, 1.165) is 3.57 Å². The van der Waals surface area contributed by atoms with Crippen molar-refractivity contribution in [1.82, 2.24) is 0 Å². The van der Waals surface area contributed by atoms with E-state index in [1.165, 1.54) is 6.07 Å². The molecule has 0 aliphatic heterocycles. The molecule has 2 rings (SSSR count). The van der Waals surface area contributed by atoms with Crippen LogP contribution in [-0.4, -0.2) is 5.78 Å². The lowest BCUT2D eigenvalue weighted by molar-refractivity contribution is 0.0992. The summed E-state index contributed by atoms with van der Waals surface area (Å²) in [5.41, 5.74) is 1.15. The highest BCUT2D eigenvalue weighted by molar-refractivity contribution is 14.1. The Bertz CT molecular complexity index is 598. The van der Waals surface area contributed by atoms with Crippen LogP contribution >= 0.6 is 34.2 Å². The van der Waals surface area contributed by atoms with Crippen LogP contribution in [0, 0.1) is 9.39 Å². The molecule has 18 heavy (non-hydrogen) atoms. The van der Waals surface area contributed by atoms with Crippen molar-refractivity contribution in [2.75, 3.05) is 0 Å². The molecule has 92 valence electrons. The number of Topliss-reactive ketones (excluding diaryl/α,β-unsaturated/α-hetero) is 1. The maximum atomic E-state index is 13.3. The van der Waals surface area contributed by atoms with E-state index in [1.54, 1.807) is 18.2 Å². The largest absolute Gasteiger partial charge is 0.294 e. The molecule has 0 spiro atoms. The lowest BCUT2D eigenvalue weighted by Crippen LogP contribution is -2.06. The molecule has 0 N–H and O–H groups in total. The summed E-state index contributed by atoms with van der Waals surface area (Å²) in [5.74, 6) is -0.558. The summed E-state index contributed by atoms with van der Waals surface area (Å²) in [7, 11) is 0. The highest BCUT2D eigenvalue weighted by atomic mass is 127. The molecule has 2 aromatic carbocycles. The minimum atomic E-state index is -0.496. The van der Waals surface area contributed by atoms with E-state index in [0.29, 0.717) is 11.1 Å². The topological polar surface area (TPSA) is 17.1 Å². The van der Waals surface area contributed by atoms with E-state index < -0.39 is 5.82 Å². The summed E-state index contributed by atoms with van der Waals surface area (Å²) in [4.78, 5) is 12.1. The molecule has 0 unspecified atom stereocenters. The van der Waals surface area contributed by atoms with Gasteiger partial charge in [-0.3, -0.25) is 4.79 Å². The predicted molar refractivity (Wildman–Crippen MR) is 78.6 cm³/mol. The van der Waals surface area contributed by atoms with Gasteiger partial charge in [0.1, 0.15) is 5.82 Å². The third kappa shape index (κ3) is 2.90. The normalized spacial score (nSPS) is 10.4. The average Bonchev–Trinajstić information content (AvgIpc) is 2.35. The molecule has 0 heterocycles. The van der Waals surface area contributed by atoms with E-state index in [2.05, 4.69) is 22.6 Å². The van der Waals surface area contributed by atoms with Crippen LogP contribution in [0.1, 0.15) is 15.9 Å². The van der Waals surface area contributed by atoms with E-state index in [1.807, 2.05) is 18.2 Å². The third-order valence-corrected chi connectivity index (χ3v) is 3.92. The van der Waals surface area contributed by atoms with Crippen LogP contribution in [0.3, 0.4) is 0 Å². The molecule has 0 aromatic heterocycles. The second-order valence-corrected chi connectivity index (χ2v) is 5.33. The smallest absolute Gasteiger partial charge is 0.168 e. The summed E-state index contributed by atoms with van der Waals surface area (Å²) >= 11 is 7.94. The molecule has 0 fully saturated rings.